The first-order chi connectivity index (χ1) is 18.3. The van der Waals surface area contributed by atoms with Crippen LogP contribution >= 0.6 is 34.4 Å². The number of thioether (sulfide) groups is 1. The van der Waals surface area contributed by atoms with Crippen molar-refractivity contribution in [1.82, 2.24) is 15.2 Å². The maximum absolute atomic E-state index is 14.1. The van der Waals surface area contributed by atoms with Crippen molar-refractivity contribution in [2.45, 2.75) is 30.0 Å². The van der Waals surface area contributed by atoms with Gasteiger partial charge in [-0.3, -0.25) is 14.5 Å². The Kier molecular flexibility index (Phi) is 7.28. The minimum absolute atomic E-state index is 0.0815. The van der Waals surface area contributed by atoms with E-state index < -0.39 is 23.5 Å². The molecule has 0 radical (unpaired) electrons. The summed E-state index contributed by atoms with van der Waals surface area (Å²) < 4.78 is 20.1. The molecule has 0 fully saturated rings. The number of aryl methyl sites for hydroxylation is 2. The van der Waals surface area contributed by atoms with Gasteiger partial charge in [-0.25, -0.2) is 9.37 Å². The summed E-state index contributed by atoms with van der Waals surface area (Å²) in [6, 6.07) is 12.4. The monoisotopic (exact) mass is 568 g/mol. The van der Waals surface area contributed by atoms with E-state index in [2.05, 4.69) is 15.2 Å². The Balaban J connectivity index is 1.55. The lowest BCUT2D eigenvalue weighted by Crippen LogP contribution is -2.31. The van der Waals surface area contributed by atoms with Crippen LogP contribution in [0.4, 0.5) is 9.52 Å². The maximum atomic E-state index is 14.1. The number of hydrogen-bond acceptors (Lipinski definition) is 10. The number of aliphatic hydroxyl groups is 1. The smallest absolute Gasteiger partial charge is 0.296 e. The molecule has 0 saturated heterocycles. The van der Waals surface area contributed by atoms with Gasteiger partial charge in [0.25, 0.3) is 5.91 Å². The highest BCUT2D eigenvalue weighted by Gasteiger charge is 2.47. The average Bonchev–Trinajstić information content (AvgIpc) is 3.59. The van der Waals surface area contributed by atoms with Crippen molar-refractivity contribution >= 4 is 51.3 Å². The van der Waals surface area contributed by atoms with Crippen molar-refractivity contribution in [3.63, 3.8) is 0 Å². The number of para-hydroxylation sites is 1. The van der Waals surface area contributed by atoms with Crippen molar-refractivity contribution in [3.8, 4) is 5.75 Å². The highest BCUT2D eigenvalue weighted by Crippen LogP contribution is 2.46. The number of hydrogen-bond donors (Lipinski definition) is 1. The lowest BCUT2D eigenvalue weighted by atomic mass is 9.94. The van der Waals surface area contributed by atoms with Crippen molar-refractivity contribution in [2.24, 2.45) is 0 Å². The number of thiazole rings is 1. The first-order valence-electron chi connectivity index (χ1n) is 11.4. The Morgan fingerprint density at radius 2 is 1.87 bits per heavy atom. The fraction of sp³-hybridized carbons (Fsp3) is 0.192. The number of aromatic nitrogens is 3. The molecule has 1 aliphatic rings. The van der Waals surface area contributed by atoms with Crippen LogP contribution in [0.2, 0.25) is 0 Å². The number of amides is 1. The summed E-state index contributed by atoms with van der Waals surface area (Å²) in [5, 5.41) is 20.3. The number of methoxy groups -OCH3 is 1. The largest absolute Gasteiger partial charge is 0.503 e. The molecule has 5 rings (SSSR count). The van der Waals surface area contributed by atoms with Crippen molar-refractivity contribution in [1.29, 1.82) is 0 Å². The van der Waals surface area contributed by atoms with Crippen LogP contribution in [0.1, 0.15) is 37.5 Å². The number of ketones is 1. The number of nitrogens with zero attached hydrogens (tertiary/aromatic N) is 4. The molecule has 2 aromatic carbocycles. The predicted molar refractivity (Wildman–Crippen MR) is 145 cm³/mol. The molecule has 1 N–H and O–H groups in total. The molecule has 0 aliphatic carbocycles. The van der Waals surface area contributed by atoms with E-state index in [0.717, 1.165) is 11.3 Å². The Morgan fingerprint density at radius 1 is 1.13 bits per heavy atom. The lowest BCUT2D eigenvalue weighted by Gasteiger charge is -2.25. The molecule has 0 saturated carbocycles. The fourth-order valence-electron chi connectivity index (χ4n) is 4.20. The number of carbonyl (C=O) groups excluding carboxylic acids is 2. The quantitative estimate of drug-likeness (QED) is 0.161. The van der Waals surface area contributed by atoms with Crippen molar-refractivity contribution < 1.29 is 23.8 Å². The van der Waals surface area contributed by atoms with Gasteiger partial charge in [-0.15, -0.1) is 21.5 Å². The summed E-state index contributed by atoms with van der Waals surface area (Å²) in [6.45, 7) is 3.50. The van der Waals surface area contributed by atoms with E-state index >= 15 is 0 Å². The van der Waals surface area contributed by atoms with Crippen LogP contribution in [0.5, 0.6) is 5.75 Å². The van der Waals surface area contributed by atoms with E-state index in [0.29, 0.717) is 42.5 Å². The number of anilines is 1. The van der Waals surface area contributed by atoms with E-state index in [1.54, 1.807) is 56.3 Å². The molecule has 2 aromatic heterocycles. The van der Waals surface area contributed by atoms with E-state index in [-0.39, 0.29) is 16.5 Å². The SMILES string of the molecule is COc1ccccc1C1C(C(=O)c2sc(C)nc2C)=C(O)C(=O)N1c1nnc(SCc2ccccc2F)s1. The lowest BCUT2D eigenvalue weighted by molar-refractivity contribution is -0.117. The third-order valence-electron chi connectivity index (χ3n) is 5.91. The minimum Gasteiger partial charge on any atom is -0.503 e. The van der Waals surface area contributed by atoms with Crippen LogP contribution in [0.15, 0.2) is 64.2 Å². The molecule has 0 bridgehead atoms. The second kappa shape index (κ2) is 10.6. The van der Waals surface area contributed by atoms with E-state index in [4.69, 9.17) is 4.74 Å². The summed E-state index contributed by atoms with van der Waals surface area (Å²) in [5.74, 6) is -1.48. The van der Waals surface area contributed by atoms with E-state index in [1.807, 2.05) is 0 Å². The number of carbonyl (C=O) groups is 2. The summed E-state index contributed by atoms with van der Waals surface area (Å²) in [4.78, 5) is 33.1. The van der Waals surface area contributed by atoms with E-state index in [9.17, 15) is 19.1 Å². The summed E-state index contributed by atoms with van der Waals surface area (Å²) >= 11 is 3.59. The third-order valence-corrected chi connectivity index (χ3v) is 9.08. The van der Waals surface area contributed by atoms with Gasteiger partial charge in [-0.1, -0.05) is 59.5 Å². The molecule has 1 atom stereocenters. The van der Waals surface area contributed by atoms with Gasteiger partial charge in [0.2, 0.25) is 10.9 Å². The number of halogens is 1. The topological polar surface area (TPSA) is 106 Å². The Labute approximate surface area is 229 Å². The Morgan fingerprint density at radius 3 is 2.58 bits per heavy atom. The van der Waals surface area contributed by atoms with Gasteiger partial charge >= 0.3 is 0 Å². The number of Topliss-reactive ketones (excluding diaryl/α,β-unsaturated/α-hetero) is 1. The second-order valence-electron chi connectivity index (χ2n) is 8.29. The Hall–Kier alpha value is -3.61. The number of rotatable bonds is 8. The minimum atomic E-state index is -1.01. The van der Waals surface area contributed by atoms with Crippen LogP contribution in [-0.2, 0) is 10.5 Å². The van der Waals surface area contributed by atoms with Gasteiger partial charge in [0.1, 0.15) is 17.6 Å². The highest BCUT2D eigenvalue weighted by molar-refractivity contribution is 8.00. The first kappa shape index (κ1) is 26.0. The second-order valence-corrected chi connectivity index (χ2v) is 11.7. The number of benzene rings is 2. The first-order valence-corrected chi connectivity index (χ1v) is 14.0. The van der Waals surface area contributed by atoms with Crippen LogP contribution in [0.25, 0.3) is 0 Å². The molecule has 1 amide bonds. The number of ether oxygens (including phenoxy) is 1. The molecule has 1 unspecified atom stereocenters. The van der Waals surface area contributed by atoms with E-state index in [1.165, 1.54) is 41.2 Å². The third kappa shape index (κ3) is 4.70. The molecule has 1 aliphatic heterocycles. The van der Waals surface area contributed by atoms with Gasteiger partial charge in [-0.05, 0) is 31.5 Å². The zero-order chi connectivity index (χ0) is 27.0. The molecule has 8 nitrogen and oxygen atoms in total. The van der Waals surface area contributed by atoms with Gasteiger partial charge in [0.05, 0.1) is 28.3 Å². The van der Waals surface area contributed by atoms with Crippen LogP contribution in [0.3, 0.4) is 0 Å². The van der Waals surface area contributed by atoms with Crippen molar-refractivity contribution in [3.05, 3.63) is 92.4 Å². The summed E-state index contributed by atoms with van der Waals surface area (Å²) in [6.07, 6.45) is 0. The molecule has 194 valence electrons. The normalized spacial score (nSPS) is 15.4. The van der Waals surface area contributed by atoms with Gasteiger partial charge in [-0.2, -0.15) is 0 Å². The molecule has 3 heterocycles. The summed E-state index contributed by atoms with van der Waals surface area (Å²) in [7, 11) is 1.49. The maximum Gasteiger partial charge on any atom is 0.296 e. The predicted octanol–water partition coefficient (Wildman–Crippen LogP) is 5.83. The highest BCUT2D eigenvalue weighted by atomic mass is 32.2. The number of aliphatic hydroxyl groups excluding tert-OH is 1. The molecular formula is C26H21FN4O4S3. The molecule has 12 heteroatoms. The van der Waals surface area contributed by atoms with Gasteiger partial charge < -0.3 is 9.84 Å². The molecular weight excluding hydrogens is 548 g/mol. The van der Waals surface area contributed by atoms with Crippen molar-refractivity contribution in [2.75, 3.05) is 12.0 Å². The Bertz CT molecular complexity index is 1580. The zero-order valence-corrected chi connectivity index (χ0v) is 22.9. The molecule has 4 aromatic rings. The average molecular weight is 569 g/mol. The van der Waals surface area contributed by atoms with Gasteiger partial charge in [0.15, 0.2) is 10.1 Å². The summed E-state index contributed by atoms with van der Waals surface area (Å²) in [5.41, 5.74) is 1.46. The van der Waals surface area contributed by atoms with Crippen LogP contribution < -0.4 is 9.64 Å². The fourth-order valence-corrected chi connectivity index (χ4v) is 6.93. The van der Waals surface area contributed by atoms with Crippen LogP contribution in [0, 0.1) is 19.7 Å². The van der Waals surface area contributed by atoms with Crippen LogP contribution in [-0.4, -0.2) is 39.1 Å². The van der Waals surface area contributed by atoms with Gasteiger partial charge in [0, 0.05) is 11.3 Å². The molecule has 0 spiro atoms. The zero-order valence-electron chi connectivity index (χ0n) is 20.5. The molecule has 38 heavy (non-hydrogen) atoms. The standard InChI is InChI=1S/C26H21FN4O4S3/c1-13-23(37-14(2)28-13)21(32)19-20(16-9-5-7-11-18(16)35-3)31(24(34)22(19)33)25-29-30-26(38-25)36-12-15-8-4-6-10-17(15)27/h4-11,20,33H,12H2,1-3H3.